The molecule has 2 aromatic heterocycles. The lowest BCUT2D eigenvalue weighted by Gasteiger charge is -2.43. The largest absolute Gasteiger partial charge is 0.457 e. The van der Waals surface area contributed by atoms with Crippen LogP contribution in [-0.2, 0) is 10.8 Å². The molecule has 0 radical (unpaired) electrons. The number of pyridine rings is 1. The van der Waals surface area contributed by atoms with Crippen LogP contribution in [0.1, 0.15) is 48.6 Å². The van der Waals surface area contributed by atoms with E-state index in [1.54, 1.807) is 0 Å². The van der Waals surface area contributed by atoms with E-state index in [0.717, 1.165) is 34.0 Å². The highest BCUT2D eigenvalue weighted by Gasteiger charge is 2.53. The fraction of sp³-hybridized carbons (Fsp3) is 0.113. The first kappa shape index (κ1) is 33.1. The van der Waals surface area contributed by atoms with Gasteiger partial charge in [0.05, 0.1) is 33.5 Å². The van der Waals surface area contributed by atoms with Crippen LogP contribution in [0, 0.1) is 0 Å². The molecule has 0 saturated heterocycles. The first-order valence-corrected chi connectivity index (χ1v) is 20.1. The van der Waals surface area contributed by atoms with Crippen LogP contribution >= 0.6 is 0 Å². The number of benzene rings is 7. The molecule has 0 unspecified atom stereocenters. The Morgan fingerprint density at radius 1 is 0.534 bits per heavy atom. The van der Waals surface area contributed by atoms with E-state index >= 15 is 0 Å². The van der Waals surface area contributed by atoms with Crippen LogP contribution < -0.4 is 14.5 Å². The summed E-state index contributed by atoms with van der Waals surface area (Å²) in [5, 5.41) is 2.36. The molecule has 7 aromatic carbocycles. The first-order valence-electron chi connectivity index (χ1n) is 20.1. The molecule has 58 heavy (non-hydrogen) atoms. The Bertz CT molecular complexity index is 3090. The van der Waals surface area contributed by atoms with Gasteiger partial charge >= 0.3 is 0 Å². The minimum Gasteiger partial charge on any atom is -0.457 e. The normalized spacial score (nSPS) is 14.5. The van der Waals surface area contributed by atoms with Crippen molar-refractivity contribution in [1.82, 2.24) is 9.55 Å². The van der Waals surface area contributed by atoms with Crippen molar-refractivity contribution in [3.8, 4) is 28.4 Å². The summed E-state index contributed by atoms with van der Waals surface area (Å²) in [7, 11) is 0. The van der Waals surface area contributed by atoms with Crippen molar-refractivity contribution in [1.29, 1.82) is 0 Å². The van der Waals surface area contributed by atoms with Gasteiger partial charge < -0.3 is 14.5 Å². The lowest BCUT2D eigenvalue weighted by Crippen LogP contribution is -2.37. The van der Waals surface area contributed by atoms with E-state index in [-0.39, 0.29) is 5.41 Å². The summed E-state index contributed by atoms with van der Waals surface area (Å²) in [6, 6.07) is 61.7. The van der Waals surface area contributed by atoms with Gasteiger partial charge in [-0.1, -0.05) is 124 Å². The second-order valence-corrected chi connectivity index (χ2v) is 16.8. The van der Waals surface area contributed by atoms with Gasteiger partial charge in [-0.25, -0.2) is 4.98 Å². The van der Waals surface area contributed by atoms with Crippen LogP contribution in [0.3, 0.4) is 0 Å². The summed E-state index contributed by atoms with van der Waals surface area (Å²) in [4.78, 5) is 9.85. The Morgan fingerprint density at radius 3 is 2.00 bits per heavy atom. The maximum absolute atomic E-state index is 6.94. The number of aromatic nitrogens is 2. The molecule has 1 aliphatic carbocycles. The van der Waals surface area contributed by atoms with Crippen molar-refractivity contribution in [3.63, 3.8) is 0 Å². The molecule has 5 heteroatoms. The Hall–Kier alpha value is -7.11. The van der Waals surface area contributed by atoms with Crippen molar-refractivity contribution in [2.75, 3.05) is 16.5 Å². The summed E-state index contributed by atoms with van der Waals surface area (Å²) in [6.07, 6.45) is 1.93. The predicted molar refractivity (Wildman–Crippen MR) is 237 cm³/mol. The van der Waals surface area contributed by atoms with E-state index < -0.39 is 5.41 Å². The van der Waals surface area contributed by atoms with Crippen LogP contribution in [0.4, 0.5) is 22.7 Å². The fourth-order valence-corrected chi connectivity index (χ4v) is 10.1. The van der Waals surface area contributed by atoms with Crippen molar-refractivity contribution in [2.24, 2.45) is 0 Å². The lowest BCUT2D eigenvalue weighted by atomic mass is 9.65. The third-order valence-corrected chi connectivity index (χ3v) is 12.7. The van der Waals surface area contributed by atoms with Gasteiger partial charge in [-0.2, -0.15) is 0 Å². The number of anilines is 4. The fourth-order valence-electron chi connectivity index (χ4n) is 10.1. The van der Waals surface area contributed by atoms with Crippen molar-refractivity contribution in [2.45, 2.75) is 31.6 Å². The van der Waals surface area contributed by atoms with Gasteiger partial charge in [0.25, 0.3) is 0 Å². The quantitative estimate of drug-likeness (QED) is 0.179. The molecule has 0 saturated carbocycles. The Labute approximate surface area is 338 Å². The van der Waals surface area contributed by atoms with E-state index in [0.29, 0.717) is 6.67 Å². The van der Waals surface area contributed by atoms with Gasteiger partial charge in [-0.05, 0) is 99.0 Å². The molecule has 0 N–H and O–H groups in total. The molecule has 1 spiro atoms. The Morgan fingerprint density at radius 2 is 1.21 bits per heavy atom. The van der Waals surface area contributed by atoms with E-state index in [1.165, 1.54) is 66.8 Å². The van der Waals surface area contributed by atoms with Crippen LogP contribution in [0.2, 0.25) is 0 Å². The van der Waals surface area contributed by atoms with Crippen LogP contribution in [-0.4, -0.2) is 16.2 Å². The third kappa shape index (κ3) is 4.50. The van der Waals surface area contributed by atoms with Gasteiger partial charge in [-0.15, -0.1) is 0 Å². The number of rotatable bonds is 4. The highest BCUT2D eigenvalue weighted by Crippen LogP contribution is 2.65. The average Bonchev–Trinajstić information content (AvgIpc) is 3.90. The first-order chi connectivity index (χ1) is 28.4. The zero-order valence-corrected chi connectivity index (χ0v) is 32.6. The van der Waals surface area contributed by atoms with Crippen LogP contribution in [0.15, 0.2) is 176 Å². The topological polar surface area (TPSA) is 33.5 Å². The summed E-state index contributed by atoms with van der Waals surface area (Å²) in [6.45, 7) is 7.43. The standard InChI is InChI=1S/C53H40N4O/c1-52(2,3)34-28-29-54-50(30-34)57-46-22-12-9-18-40(46)41-26-24-36(31-48(41)57)58-37-25-27-44-49(32-37)56-33-55(35-14-5-4-6-15-35)47-23-13-21-45(51(47)56)53(44)42-19-10-7-16-38(42)39-17-8-11-20-43(39)53/h4-32H,33H2,1-3H3. The minimum absolute atomic E-state index is 0.00680. The SMILES string of the molecule is CC(C)(C)c1ccnc(-n2c3ccccc3c3ccc(Oc4ccc5c(c4)N4CN(c6ccccc6)c6cccc(c64)C54c5ccccc5-c5ccccc54)cc32)c1. The molecule has 0 fully saturated rings. The second kappa shape index (κ2) is 12.0. The molecule has 0 bridgehead atoms. The van der Waals surface area contributed by atoms with Crippen LogP contribution in [0.5, 0.6) is 11.5 Å². The number of ether oxygens (including phenoxy) is 1. The van der Waals surface area contributed by atoms with Gasteiger partial charge in [0.1, 0.15) is 24.0 Å². The Balaban J connectivity index is 1.05. The summed E-state index contributed by atoms with van der Waals surface area (Å²) >= 11 is 0. The Kier molecular flexibility index (Phi) is 6.81. The van der Waals surface area contributed by atoms with Gasteiger partial charge in [0.15, 0.2) is 0 Å². The number of hydrogen-bond donors (Lipinski definition) is 0. The molecule has 5 nitrogen and oxygen atoms in total. The second-order valence-electron chi connectivity index (χ2n) is 16.8. The molecular weight excluding hydrogens is 709 g/mol. The minimum atomic E-state index is -0.496. The van der Waals surface area contributed by atoms with E-state index in [1.807, 2.05) is 6.20 Å². The molecule has 4 heterocycles. The van der Waals surface area contributed by atoms with Gasteiger partial charge in [-0.3, -0.25) is 4.57 Å². The molecule has 0 atom stereocenters. The summed E-state index contributed by atoms with van der Waals surface area (Å²) in [5.74, 6) is 2.47. The third-order valence-electron chi connectivity index (χ3n) is 12.7. The highest BCUT2D eigenvalue weighted by molar-refractivity contribution is 6.09. The zero-order chi connectivity index (χ0) is 38.8. The number of fused-ring (bicyclic) bond motifs is 12. The molecule has 0 amide bonds. The zero-order valence-electron chi connectivity index (χ0n) is 32.6. The van der Waals surface area contributed by atoms with Crippen molar-refractivity contribution in [3.05, 3.63) is 204 Å². The number of para-hydroxylation sites is 3. The van der Waals surface area contributed by atoms with E-state index in [9.17, 15) is 0 Å². The number of nitrogens with zero attached hydrogens (tertiary/aromatic N) is 4. The molecule has 9 aromatic rings. The predicted octanol–water partition coefficient (Wildman–Crippen LogP) is 13.2. The summed E-state index contributed by atoms with van der Waals surface area (Å²) < 4.78 is 9.22. The van der Waals surface area contributed by atoms with Crippen LogP contribution in [0.25, 0.3) is 38.8 Å². The molecule has 12 rings (SSSR count). The molecule has 3 aliphatic rings. The monoisotopic (exact) mass is 748 g/mol. The highest BCUT2D eigenvalue weighted by atomic mass is 16.5. The average molecular weight is 749 g/mol. The smallest absolute Gasteiger partial charge is 0.137 e. The molecule has 278 valence electrons. The maximum Gasteiger partial charge on any atom is 0.137 e. The summed E-state index contributed by atoms with van der Waals surface area (Å²) in [5.41, 5.74) is 15.5. The van der Waals surface area contributed by atoms with Crippen molar-refractivity contribution < 1.29 is 4.74 Å². The van der Waals surface area contributed by atoms with Gasteiger partial charge in [0.2, 0.25) is 0 Å². The van der Waals surface area contributed by atoms with E-state index in [2.05, 4.69) is 205 Å². The van der Waals surface area contributed by atoms with Crippen molar-refractivity contribution >= 4 is 44.6 Å². The molecular formula is C53H40N4O. The number of hydrogen-bond acceptors (Lipinski definition) is 4. The van der Waals surface area contributed by atoms with Gasteiger partial charge in [0, 0.05) is 34.8 Å². The maximum atomic E-state index is 6.94. The van der Waals surface area contributed by atoms with E-state index in [4.69, 9.17) is 9.72 Å². The lowest BCUT2D eigenvalue weighted by molar-refractivity contribution is 0.482. The molecule has 2 aliphatic heterocycles.